The van der Waals surface area contributed by atoms with Crippen LogP contribution >= 0.6 is 0 Å². The Kier molecular flexibility index (Phi) is 3.66. The molecule has 0 radical (unpaired) electrons. The van der Waals surface area contributed by atoms with Crippen LogP contribution in [0.15, 0.2) is 28.2 Å². The first-order valence-electron chi connectivity index (χ1n) is 4.74. The van der Waals surface area contributed by atoms with Gasteiger partial charge >= 0.3 is 0 Å². The minimum atomic E-state index is -0.499. The summed E-state index contributed by atoms with van der Waals surface area (Å²) < 4.78 is 0. The highest BCUT2D eigenvalue weighted by atomic mass is 16.1. The van der Waals surface area contributed by atoms with Crippen molar-refractivity contribution in [3.63, 3.8) is 0 Å². The van der Waals surface area contributed by atoms with Crippen molar-refractivity contribution < 1.29 is 4.79 Å². The molecule has 0 spiro atoms. The Morgan fingerprint density at radius 3 is 2.29 bits per heavy atom. The summed E-state index contributed by atoms with van der Waals surface area (Å²) in [6.45, 7) is 1.77. The van der Waals surface area contributed by atoms with Gasteiger partial charge in [-0.3, -0.25) is 4.79 Å². The van der Waals surface area contributed by atoms with E-state index in [9.17, 15) is 4.79 Å². The summed E-state index contributed by atoms with van der Waals surface area (Å²) in [5, 5.41) is 0. The lowest BCUT2D eigenvalue weighted by Crippen LogP contribution is -2.26. The van der Waals surface area contributed by atoms with Crippen molar-refractivity contribution in [3.05, 3.63) is 29.3 Å². The highest BCUT2D eigenvalue weighted by molar-refractivity contribution is 5.95. The number of amides is 1. The van der Waals surface area contributed by atoms with Gasteiger partial charge in [0.2, 0.25) is 11.9 Å². The molecule has 1 aromatic rings. The van der Waals surface area contributed by atoms with Crippen molar-refractivity contribution >= 4 is 23.5 Å². The van der Waals surface area contributed by atoms with Gasteiger partial charge < -0.3 is 22.9 Å². The van der Waals surface area contributed by atoms with Crippen LogP contribution in [0.3, 0.4) is 0 Å². The average molecular weight is 234 g/mol. The number of hydrogen-bond donors (Lipinski definition) is 4. The molecule has 0 saturated heterocycles. The van der Waals surface area contributed by atoms with Crippen molar-refractivity contribution in [1.82, 2.24) is 0 Å². The van der Waals surface area contributed by atoms with Gasteiger partial charge in [0.25, 0.3) is 0 Å². The van der Waals surface area contributed by atoms with Gasteiger partial charge in [-0.25, -0.2) is 4.99 Å². The second-order valence-corrected chi connectivity index (χ2v) is 3.37. The van der Waals surface area contributed by atoms with E-state index in [1.807, 2.05) is 0 Å². The van der Waals surface area contributed by atoms with Gasteiger partial charge in [0.05, 0.1) is 5.69 Å². The van der Waals surface area contributed by atoms with Crippen molar-refractivity contribution in [3.8, 4) is 0 Å². The van der Waals surface area contributed by atoms with Gasteiger partial charge in [-0.05, 0) is 30.7 Å². The maximum atomic E-state index is 10.9. The molecular weight excluding hydrogens is 220 g/mol. The average Bonchev–Trinajstić information content (AvgIpc) is 2.19. The highest BCUT2D eigenvalue weighted by Crippen LogP contribution is 2.19. The molecule has 1 aromatic carbocycles. The van der Waals surface area contributed by atoms with Crippen LogP contribution in [0.25, 0.3) is 0 Å². The zero-order valence-electron chi connectivity index (χ0n) is 9.34. The van der Waals surface area contributed by atoms with Gasteiger partial charge in [-0.2, -0.15) is 4.99 Å². The largest absolute Gasteiger partial charge is 0.370 e. The predicted octanol–water partition coefficient (Wildman–Crippen LogP) is -0.686. The van der Waals surface area contributed by atoms with E-state index < -0.39 is 5.91 Å². The Morgan fingerprint density at radius 1 is 1.18 bits per heavy atom. The number of aliphatic imine (C=N–C) groups is 2. The monoisotopic (exact) mass is 234 g/mol. The van der Waals surface area contributed by atoms with E-state index in [1.54, 1.807) is 25.1 Å². The smallest absolute Gasteiger partial charge is 0.248 e. The van der Waals surface area contributed by atoms with Crippen LogP contribution in [-0.4, -0.2) is 17.8 Å². The van der Waals surface area contributed by atoms with Gasteiger partial charge in [-0.1, -0.05) is 0 Å². The number of rotatable bonds is 2. The number of hydrogen-bond acceptors (Lipinski definition) is 2. The molecule has 0 aliphatic heterocycles. The molecule has 0 heterocycles. The number of carbonyl (C=O) groups excluding carboxylic acids is 1. The molecule has 7 nitrogen and oxygen atoms in total. The molecule has 0 aliphatic carbocycles. The molecule has 0 aromatic heterocycles. The van der Waals surface area contributed by atoms with E-state index in [4.69, 9.17) is 22.9 Å². The van der Waals surface area contributed by atoms with Crippen molar-refractivity contribution in [2.75, 3.05) is 0 Å². The van der Waals surface area contributed by atoms with Crippen LogP contribution in [0, 0.1) is 6.92 Å². The number of benzene rings is 1. The Balaban J connectivity index is 3.09. The molecule has 7 heteroatoms. The normalized spacial score (nSPS) is 11.0. The third-order valence-electron chi connectivity index (χ3n) is 1.96. The second kappa shape index (κ2) is 4.97. The van der Waals surface area contributed by atoms with Crippen LogP contribution in [0.4, 0.5) is 5.69 Å². The second-order valence-electron chi connectivity index (χ2n) is 3.37. The molecule has 17 heavy (non-hydrogen) atoms. The summed E-state index contributed by atoms with van der Waals surface area (Å²) >= 11 is 0. The predicted molar refractivity (Wildman–Crippen MR) is 66.8 cm³/mol. The molecule has 90 valence electrons. The Morgan fingerprint density at radius 2 is 1.82 bits per heavy atom. The summed E-state index contributed by atoms with van der Waals surface area (Å²) in [4.78, 5) is 18.5. The van der Waals surface area contributed by atoms with E-state index in [2.05, 4.69) is 9.98 Å². The Hall–Kier alpha value is -2.57. The maximum Gasteiger partial charge on any atom is 0.248 e. The highest BCUT2D eigenvalue weighted by Gasteiger charge is 2.03. The summed E-state index contributed by atoms with van der Waals surface area (Å²) in [6, 6.07) is 4.78. The van der Waals surface area contributed by atoms with Gasteiger partial charge in [-0.15, -0.1) is 0 Å². The lowest BCUT2D eigenvalue weighted by molar-refractivity contribution is 0.1000. The molecule has 0 saturated carbocycles. The van der Waals surface area contributed by atoms with E-state index >= 15 is 0 Å². The minimum Gasteiger partial charge on any atom is -0.370 e. The first-order chi connectivity index (χ1) is 7.90. The number of nitrogens with two attached hydrogens (primary N) is 4. The van der Waals surface area contributed by atoms with E-state index in [0.717, 1.165) is 5.56 Å². The third-order valence-corrected chi connectivity index (χ3v) is 1.96. The Bertz CT molecular complexity index is 502. The topological polar surface area (TPSA) is 146 Å². The van der Waals surface area contributed by atoms with Crippen molar-refractivity contribution in [1.29, 1.82) is 0 Å². The summed E-state index contributed by atoms with van der Waals surface area (Å²) in [7, 11) is 0. The minimum absolute atomic E-state index is 0.0556. The van der Waals surface area contributed by atoms with Crippen molar-refractivity contribution in [2.24, 2.45) is 32.9 Å². The van der Waals surface area contributed by atoms with Crippen molar-refractivity contribution in [2.45, 2.75) is 6.92 Å². The van der Waals surface area contributed by atoms with Gasteiger partial charge in [0.15, 0.2) is 5.96 Å². The van der Waals surface area contributed by atoms with E-state index in [1.165, 1.54) is 0 Å². The zero-order chi connectivity index (χ0) is 13.0. The third kappa shape index (κ3) is 3.49. The van der Waals surface area contributed by atoms with Gasteiger partial charge in [0.1, 0.15) is 0 Å². The van der Waals surface area contributed by atoms with Crippen LogP contribution in [-0.2, 0) is 0 Å². The zero-order valence-corrected chi connectivity index (χ0v) is 9.34. The maximum absolute atomic E-state index is 10.9. The molecule has 0 bridgehead atoms. The number of nitrogens with zero attached hydrogens (tertiary/aromatic N) is 2. The fraction of sp³-hybridized carbons (Fsp3) is 0.100. The van der Waals surface area contributed by atoms with Crippen LogP contribution in [0.2, 0.25) is 0 Å². The molecule has 1 rings (SSSR count). The molecule has 0 aliphatic rings. The molecule has 8 N–H and O–H groups in total. The fourth-order valence-electron chi connectivity index (χ4n) is 1.21. The Labute approximate surface area is 98.2 Å². The van der Waals surface area contributed by atoms with E-state index in [0.29, 0.717) is 11.3 Å². The SMILES string of the molecule is Cc1cc(C(N)=O)ccc1N=C(N)N=C(N)N. The molecule has 0 fully saturated rings. The summed E-state index contributed by atoms with van der Waals surface area (Å²) in [5.41, 5.74) is 22.7. The fourth-order valence-corrected chi connectivity index (χ4v) is 1.21. The van der Waals surface area contributed by atoms with E-state index in [-0.39, 0.29) is 11.9 Å². The van der Waals surface area contributed by atoms with Crippen LogP contribution in [0.5, 0.6) is 0 Å². The first kappa shape index (κ1) is 12.5. The van der Waals surface area contributed by atoms with Crippen LogP contribution in [0.1, 0.15) is 15.9 Å². The van der Waals surface area contributed by atoms with Crippen LogP contribution < -0.4 is 22.9 Å². The number of carbonyl (C=O) groups is 1. The quantitative estimate of drug-likeness (QED) is 0.396. The molecule has 0 unspecified atom stereocenters. The molecule has 0 atom stereocenters. The standard InChI is InChI=1S/C10H14N6O/c1-5-4-6(8(11)17)2-3-7(5)15-10(14)16-9(12)13/h2-4H,1H3,(H2,11,17)(H6,12,13,14,15,16). The molecular formula is C10H14N6O. The summed E-state index contributed by atoms with van der Waals surface area (Å²) in [6.07, 6.45) is 0. The number of guanidine groups is 2. The lowest BCUT2D eigenvalue weighted by atomic mass is 10.1. The summed E-state index contributed by atoms with van der Waals surface area (Å²) in [5.74, 6) is -0.724. The molecule has 1 amide bonds. The lowest BCUT2D eigenvalue weighted by Gasteiger charge is -2.02. The van der Waals surface area contributed by atoms with Gasteiger partial charge in [0, 0.05) is 5.56 Å². The number of primary amides is 1. The number of aryl methyl sites for hydroxylation is 1. The first-order valence-corrected chi connectivity index (χ1v) is 4.74.